The van der Waals surface area contributed by atoms with E-state index in [2.05, 4.69) is 15.5 Å². The van der Waals surface area contributed by atoms with E-state index >= 15 is 0 Å². The van der Waals surface area contributed by atoms with Crippen LogP contribution < -0.4 is 10.2 Å². The van der Waals surface area contributed by atoms with Gasteiger partial charge in [0.2, 0.25) is 0 Å². The fourth-order valence-corrected chi connectivity index (χ4v) is 2.80. The van der Waals surface area contributed by atoms with Crippen molar-refractivity contribution in [2.24, 2.45) is 10.2 Å². The number of phenolic OH excluding ortho intramolecular Hbond substituents is 1. The number of hydrogen-bond acceptors (Lipinski definition) is 5. The molecule has 0 spiro atoms. The predicted molar refractivity (Wildman–Crippen MR) is 115 cm³/mol. The molecule has 0 heterocycles. The standard InChI is InChI=1S/C23H22F2N4O2/c1-29(2)19-9-7-18(8-10-19)28-27-17-5-3-16(4-6-17)23(31)26-12-11-15-13-20(24)22(30)21(25)14-15/h3-10,13-14,30H,11-12H2,1-2H3,(H,26,31). The maximum absolute atomic E-state index is 13.4. The van der Waals surface area contributed by atoms with Crippen LogP contribution in [0.4, 0.5) is 25.8 Å². The van der Waals surface area contributed by atoms with Crippen molar-refractivity contribution in [3.05, 3.63) is 83.4 Å². The van der Waals surface area contributed by atoms with Crippen LogP contribution in [0.25, 0.3) is 0 Å². The van der Waals surface area contributed by atoms with Crippen LogP contribution in [-0.2, 0) is 6.42 Å². The van der Waals surface area contributed by atoms with Gasteiger partial charge in [-0.15, -0.1) is 0 Å². The van der Waals surface area contributed by atoms with Crippen molar-refractivity contribution in [3.63, 3.8) is 0 Å². The summed E-state index contributed by atoms with van der Waals surface area (Å²) in [4.78, 5) is 14.2. The first-order valence-corrected chi connectivity index (χ1v) is 9.58. The van der Waals surface area contributed by atoms with E-state index in [4.69, 9.17) is 5.11 Å². The molecule has 0 aliphatic carbocycles. The van der Waals surface area contributed by atoms with Gasteiger partial charge in [-0.05, 0) is 72.6 Å². The number of hydrogen-bond donors (Lipinski definition) is 2. The molecule has 8 heteroatoms. The lowest BCUT2D eigenvalue weighted by Gasteiger charge is -2.11. The van der Waals surface area contributed by atoms with Crippen molar-refractivity contribution in [3.8, 4) is 5.75 Å². The molecular formula is C23H22F2N4O2. The molecule has 6 nitrogen and oxygen atoms in total. The zero-order valence-corrected chi connectivity index (χ0v) is 17.1. The van der Waals surface area contributed by atoms with E-state index < -0.39 is 17.4 Å². The Balaban J connectivity index is 1.53. The molecule has 3 rings (SSSR count). The van der Waals surface area contributed by atoms with Crippen LogP contribution in [0.15, 0.2) is 70.9 Å². The van der Waals surface area contributed by atoms with E-state index in [0.717, 1.165) is 23.5 Å². The molecule has 0 unspecified atom stereocenters. The Morgan fingerprint density at radius 2 is 1.45 bits per heavy atom. The monoisotopic (exact) mass is 424 g/mol. The molecule has 3 aromatic carbocycles. The Hall–Kier alpha value is -3.81. The molecule has 160 valence electrons. The molecule has 0 saturated heterocycles. The summed E-state index contributed by atoms with van der Waals surface area (Å²) in [6.07, 6.45) is 0.221. The SMILES string of the molecule is CN(C)c1ccc(N=Nc2ccc(C(=O)NCCc3cc(F)c(O)c(F)c3)cc2)cc1. The smallest absolute Gasteiger partial charge is 0.251 e. The molecule has 0 saturated carbocycles. The molecular weight excluding hydrogens is 402 g/mol. The number of carbonyl (C=O) groups is 1. The fourth-order valence-electron chi connectivity index (χ4n) is 2.80. The van der Waals surface area contributed by atoms with Crippen LogP contribution >= 0.6 is 0 Å². The molecule has 1 amide bonds. The number of benzene rings is 3. The van der Waals surface area contributed by atoms with Gasteiger partial charge in [0, 0.05) is 31.9 Å². The van der Waals surface area contributed by atoms with Gasteiger partial charge >= 0.3 is 0 Å². The van der Waals surface area contributed by atoms with Gasteiger partial charge in [-0.3, -0.25) is 4.79 Å². The summed E-state index contributed by atoms with van der Waals surface area (Å²) in [6, 6.07) is 16.3. The number of phenols is 1. The Bertz CT molecular complexity index is 1060. The van der Waals surface area contributed by atoms with E-state index in [1.54, 1.807) is 24.3 Å². The summed E-state index contributed by atoms with van der Waals surface area (Å²) in [5.74, 6) is -3.38. The van der Waals surface area contributed by atoms with E-state index in [1.807, 2.05) is 43.3 Å². The summed E-state index contributed by atoms with van der Waals surface area (Å²) in [6.45, 7) is 0.187. The quantitative estimate of drug-likeness (QED) is 0.517. The second kappa shape index (κ2) is 9.80. The van der Waals surface area contributed by atoms with Gasteiger partial charge in [0.15, 0.2) is 17.4 Å². The van der Waals surface area contributed by atoms with Crippen molar-refractivity contribution in [2.75, 3.05) is 25.5 Å². The number of anilines is 1. The number of aromatic hydroxyl groups is 1. The third kappa shape index (κ3) is 5.85. The zero-order valence-electron chi connectivity index (χ0n) is 17.1. The van der Waals surface area contributed by atoms with Crippen molar-refractivity contribution >= 4 is 23.0 Å². The maximum atomic E-state index is 13.4. The van der Waals surface area contributed by atoms with Crippen molar-refractivity contribution in [1.82, 2.24) is 5.32 Å². The maximum Gasteiger partial charge on any atom is 0.251 e. The lowest BCUT2D eigenvalue weighted by atomic mass is 10.1. The topological polar surface area (TPSA) is 77.3 Å². The predicted octanol–water partition coefficient (Wildman–Crippen LogP) is 5.12. The first-order chi connectivity index (χ1) is 14.8. The number of azo groups is 1. The number of amides is 1. The second-order valence-electron chi connectivity index (χ2n) is 7.07. The van der Waals surface area contributed by atoms with Crippen LogP contribution in [0.5, 0.6) is 5.75 Å². The van der Waals surface area contributed by atoms with E-state index in [0.29, 0.717) is 16.8 Å². The molecule has 0 atom stereocenters. The average Bonchev–Trinajstić information content (AvgIpc) is 2.76. The Labute approximate surface area is 178 Å². The molecule has 0 aliphatic heterocycles. The number of rotatable bonds is 7. The third-order valence-corrected chi connectivity index (χ3v) is 4.55. The van der Waals surface area contributed by atoms with Gasteiger partial charge in [-0.2, -0.15) is 10.2 Å². The lowest BCUT2D eigenvalue weighted by molar-refractivity contribution is 0.0954. The lowest BCUT2D eigenvalue weighted by Crippen LogP contribution is -2.25. The molecule has 0 fully saturated rings. The fraction of sp³-hybridized carbons (Fsp3) is 0.174. The summed E-state index contributed by atoms with van der Waals surface area (Å²) < 4.78 is 26.7. The van der Waals surface area contributed by atoms with Gasteiger partial charge in [0.1, 0.15) is 0 Å². The van der Waals surface area contributed by atoms with E-state index in [1.165, 1.54) is 0 Å². The van der Waals surface area contributed by atoms with Gasteiger partial charge in [0.25, 0.3) is 5.91 Å². The molecule has 0 bridgehead atoms. The average molecular weight is 424 g/mol. The highest BCUT2D eigenvalue weighted by Crippen LogP contribution is 2.22. The largest absolute Gasteiger partial charge is 0.503 e. The van der Waals surface area contributed by atoms with Gasteiger partial charge in [0.05, 0.1) is 11.4 Å². The van der Waals surface area contributed by atoms with E-state index in [9.17, 15) is 13.6 Å². The molecule has 0 radical (unpaired) electrons. The minimum absolute atomic E-state index is 0.187. The van der Waals surface area contributed by atoms with Crippen LogP contribution in [0, 0.1) is 11.6 Å². The normalized spacial score (nSPS) is 11.0. The molecule has 3 aromatic rings. The highest BCUT2D eigenvalue weighted by Gasteiger charge is 2.10. The Morgan fingerprint density at radius 1 is 0.935 bits per heavy atom. The summed E-state index contributed by atoms with van der Waals surface area (Å²) >= 11 is 0. The third-order valence-electron chi connectivity index (χ3n) is 4.55. The van der Waals surface area contributed by atoms with Crippen LogP contribution in [0.1, 0.15) is 15.9 Å². The van der Waals surface area contributed by atoms with E-state index in [-0.39, 0.29) is 18.9 Å². The number of carbonyl (C=O) groups excluding carboxylic acids is 1. The summed E-state index contributed by atoms with van der Waals surface area (Å²) in [5.41, 5.74) is 3.15. The first kappa shape index (κ1) is 21.9. The first-order valence-electron chi connectivity index (χ1n) is 9.58. The van der Waals surface area contributed by atoms with Gasteiger partial charge < -0.3 is 15.3 Å². The summed E-state index contributed by atoms with van der Waals surface area (Å²) in [5, 5.41) is 20.1. The number of nitrogens with one attached hydrogen (secondary N) is 1. The molecule has 31 heavy (non-hydrogen) atoms. The Kier molecular flexibility index (Phi) is 6.92. The second-order valence-corrected chi connectivity index (χ2v) is 7.07. The number of halogens is 2. The molecule has 2 N–H and O–H groups in total. The zero-order chi connectivity index (χ0) is 22.4. The van der Waals surface area contributed by atoms with Gasteiger partial charge in [-0.1, -0.05) is 0 Å². The highest BCUT2D eigenvalue weighted by atomic mass is 19.1. The summed E-state index contributed by atoms with van der Waals surface area (Å²) in [7, 11) is 3.92. The molecule has 0 aromatic heterocycles. The van der Waals surface area contributed by atoms with Crippen molar-refractivity contribution in [1.29, 1.82) is 0 Å². The molecule has 0 aliphatic rings. The van der Waals surface area contributed by atoms with Crippen molar-refractivity contribution < 1.29 is 18.7 Å². The van der Waals surface area contributed by atoms with Crippen LogP contribution in [0.3, 0.4) is 0 Å². The number of nitrogens with zero attached hydrogens (tertiary/aromatic N) is 3. The highest BCUT2D eigenvalue weighted by molar-refractivity contribution is 5.94. The minimum Gasteiger partial charge on any atom is -0.503 e. The van der Waals surface area contributed by atoms with Crippen LogP contribution in [-0.4, -0.2) is 31.7 Å². The Morgan fingerprint density at radius 3 is 1.97 bits per heavy atom. The minimum atomic E-state index is -1.03. The van der Waals surface area contributed by atoms with Crippen LogP contribution in [0.2, 0.25) is 0 Å². The van der Waals surface area contributed by atoms with Crippen molar-refractivity contribution in [2.45, 2.75) is 6.42 Å². The van der Waals surface area contributed by atoms with Gasteiger partial charge in [-0.25, -0.2) is 8.78 Å².